The van der Waals surface area contributed by atoms with Gasteiger partial charge >= 0.3 is 35.7 Å². The monoisotopic (exact) mass is 777 g/mol. The molecule has 0 aromatic heterocycles. The summed E-state index contributed by atoms with van der Waals surface area (Å²) in [6.45, 7) is 7.07. The molecule has 0 bridgehead atoms. The van der Waals surface area contributed by atoms with Crippen molar-refractivity contribution < 1.29 is 75.3 Å². The van der Waals surface area contributed by atoms with Crippen LogP contribution in [-0.2, 0) is 9.47 Å². The van der Waals surface area contributed by atoms with Gasteiger partial charge in [0.25, 0.3) is 11.8 Å². The van der Waals surface area contributed by atoms with Crippen molar-refractivity contribution >= 4 is 0 Å². The van der Waals surface area contributed by atoms with E-state index in [1.807, 2.05) is 0 Å². The maximum absolute atomic E-state index is 18.1. The number of ether oxygens (including phenoxy) is 2. The number of hydrogen-bond donors (Lipinski definition) is 0. The molecule has 3 nitrogen and oxygen atoms in total. The highest BCUT2D eigenvalue weighted by Crippen LogP contribution is 2.69. The predicted molar refractivity (Wildman–Crippen MR) is 159 cm³/mol. The summed E-state index contributed by atoms with van der Waals surface area (Å²) in [5.41, 5.74) is -18.1. The number of alkyl halides is 15. The maximum Gasteiger partial charge on any atom is 0.455 e. The normalized spacial score (nSPS) is 21.7. The van der Waals surface area contributed by atoms with Crippen molar-refractivity contribution in [1.29, 1.82) is 5.26 Å². The summed E-state index contributed by atoms with van der Waals surface area (Å²) in [7, 11) is 0. The van der Waals surface area contributed by atoms with Crippen LogP contribution in [0.25, 0.3) is 0 Å². The maximum atomic E-state index is 18.1. The molecule has 51 heavy (non-hydrogen) atoms. The minimum Gasteiger partial charge on any atom is -0.328 e. The third-order valence-corrected chi connectivity index (χ3v) is 11.3. The van der Waals surface area contributed by atoms with Gasteiger partial charge in [-0.2, -0.15) is 57.9 Å². The molecule has 0 spiro atoms. The van der Waals surface area contributed by atoms with Gasteiger partial charge in [0.05, 0.1) is 0 Å². The lowest BCUT2D eigenvalue weighted by Gasteiger charge is -2.61. The molecule has 0 N–H and O–H groups in total. The second-order valence-corrected chi connectivity index (χ2v) is 14.8. The average Bonchev–Trinajstić information content (AvgIpc) is 2.98. The Kier molecular flexibility index (Phi) is 14.1. The molecule has 0 aliphatic heterocycles. The van der Waals surface area contributed by atoms with E-state index in [2.05, 4.69) is 4.74 Å². The first-order chi connectivity index (χ1) is 22.3. The van der Waals surface area contributed by atoms with Crippen molar-refractivity contribution in [2.45, 2.75) is 187 Å². The average molecular weight is 778 g/mol. The minimum atomic E-state index is -7.19. The molecule has 0 radical (unpaired) electrons. The van der Waals surface area contributed by atoms with Gasteiger partial charge in [-0.3, -0.25) is 0 Å². The number of nitriles is 1. The Balaban J connectivity index is 8.59. The van der Waals surface area contributed by atoms with Gasteiger partial charge in [-0.1, -0.05) is 75.2 Å². The standard InChI is InChI=1S/C33H50F15NO2/c1-13-18-24(10,29(40,41)27(36,37)20-49)51-32(45,33(46,47)48)30(42,43)25(11,19-14-2)50-31(44,28(38,39)21(6,7)15-3)23(9,17-5)22(8,16-4)26(12,34)35/h13-19H2,1-12H3. The van der Waals surface area contributed by atoms with Crippen molar-refractivity contribution in [3.8, 4) is 6.07 Å². The fourth-order valence-electron chi connectivity index (χ4n) is 6.50. The minimum absolute atomic E-state index is 0.161. The molecule has 0 heterocycles. The summed E-state index contributed by atoms with van der Waals surface area (Å²) in [5, 5.41) is 8.63. The van der Waals surface area contributed by atoms with Crippen molar-refractivity contribution in [3.05, 3.63) is 0 Å². The van der Waals surface area contributed by atoms with Crippen molar-refractivity contribution in [2.24, 2.45) is 16.2 Å². The van der Waals surface area contributed by atoms with Crippen molar-refractivity contribution in [2.75, 3.05) is 0 Å². The summed E-state index contributed by atoms with van der Waals surface area (Å²) in [6.07, 6.45) is -14.9. The van der Waals surface area contributed by atoms with Crippen LogP contribution in [0, 0.1) is 27.6 Å². The van der Waals surface area contributed by atoms with Crippen molar-refractivity contribution in [3.63, 3.8) is 0 Å². The molecule has 0 saturated carbocycles. The molecule has 0 aliphatic rings. The van der Waals surface area contributed by atoms with Gasteiger partial charge < -0.3 is 9.47 Å². The van der Waals surface area contributed by atoms with Gasteiger partial charge in [-0.05, 0) is 52.9 Å². The van der Waals surface area contributed by atoms with Gasteiger partial charge in [-0.25, -0.2) is 13.2 Å². The lowest BCUT2D eigenvalue weighted by atomic mass is 9.53. The highest BCUT2D eigenvalue weighted by molar-refractivity contribution is 5.17. The molecular weight excluding hydrogens is 727 g/mol. The fourth-order valence-corrected chi connectivity index (χ4v) is 6.50. The zero-order valence-corrected chi connectivity index (χ0v) is 30.9. The summed E-state index contributed by atoms with van der Waals surface area (Å²) in [6, 6.07) is -0.192. The molecule has 0 aromatic rings. The van der Waals surface area contributed by atoms with E-state index in [0.29, 0.717) is 27.7 Å². The first-order valence-electron chi connectivity index (χ1n) is 16.4. The van der Waals surface area contributed by atoms with Crippen LogP contribution >= 0.6 is 0 Å². The third kappa shape index (κ3) is 7.17. The largest absolute Gasteiger partial charge is 0.455 e. The van der Waals surface area contributed by atoms with Gasteiger partial charge in [0.2, 0.25) is 0 Å². The predicted octanol–water partition coefficient (Wildman–Crippen LogP) is 13.0. The molecule has 18 heteroatoms. The van der Waals surface area contributed by atoms with Crippen LogP contribution in [-0.4, -0.2) is 58.7 Å². The summed E-state index contributed by atoms with van der Waals surface area (Å²) in [4.78, 5) is 0. The zero-order chi connectivity index (χ0) is 41.6. The first-order valence-corrected chi connectivity index (χ1v) is 16.4. The molecule has 304 valence electrons. The zero-order valence-electron chi connectivity index (χ0n) is 30.9. The van der Waals surface area contributed by atoms with Gasteiger partial charge in [0, 0.05) is 16.2 Å². The Labute approximate surface area is 290 Å². The number of hydrogen-bond acceptors (Lipinski definition) is 3. The van der Waals surface area contributed by atoms with Crippen LogP contribution < -0.4 is 0 Å². The quantitative estimate of drug-likeness (QED) is 0.116. The molecular formula is C33H50F15NO2. The fraction of sp³-hybridized carbons (Fsp3) is 0.970. The van der Waals surface area contributed by atoms with E-state index in [0.717, 1.165) is 34.6 Å². The van der Waals surface area contributed by atoms with Gasteiger partial charge in [0.15, 0.2) is 0 Å². The molecule has 0 fully saturated rings. The highest BCUT2D eigenvalue weighted by Gasteiger charge is 2.85. The highest BCUT2D eigenvalue weighted by atomic mass is 19.4. The Morgan fingerprint density at radius 1 is 0.471 bits per heavy atom. The smallest absolute Gasteiger partial charge is 0.328 e. The SMILES string of the molecule is CCCC(C)(OC(F)(C(F)(F)F)C(F)(F)C(C)(CCC)OC(F)(C(F)(F)C(C)(C)CC)C(C)(CC)C(C)(CC)C(C)(F)F)C(F)(F)C(F)(F)C#N. The molecule has 6 atom stereocenters. The van der Waals surface area contributed by atoms with E-state index in [9.17, 15) is 22.0 Å². The van der Waals surface area contributed by atoms with E-state index in [1.54, 1.807) is 0 Å². The molecule has 0 saturated heterocycles. The van der Waals surface area contributed by atoms with Crippen LogP contribution in [0.2, 0.25) is 0 Å². The summed E-state index contributed by atoms with van der Waals surface area (Å²) in [5.74, 6) is -39.9. The Bertz CT molecular complexity index is 1230. The first kappa shape index (κ1) is 49.4. The summed E-state index contributed by atoms with van der Waals surface area (Å²) >= 11 is 0. The Morgan fingerprint density at radius 3 is 1.10 bits per heavy atom. The lowest BCUT2D eigenvalue weighted by molar-refractivity contribution is -0.488. The number of rotatable bonds is 20. The van der Waals surface area contributed by atoms with E-state index in [-0.39, 0.29) is 26.8 Å². The second-order valence-electron chi connectivity index (χ2n) is 14.8. The van der Waals surface area contributed by atoms with Gasteiger partial charge in [-0.15, -0.1) is 0 Å². The van der Waals surface area contributed by atoms with Crippen LogP contribution in [0.15, 0.2) is 0 Å². The lowest BCUT2D eigenvalue weighted by Crippen LogP contribution is -2.76. The Morgan fingerprint density at radius 2 is 0.824 bits per heavy atom. The van der Waals surface area contributed by atoms with E-state index < -0.39 is 120 Å². The number of nitrogens with zero attached hydrogens (tertiary/aromatic N) is 1. The third-order valence-electron chi connectivity index (χ3n) is 11.3. The number of halogens is 15. The summed E-state index contributed by atoms with van der Waals surface area (Å²) < 4.78 is 244. The van der Waals surface area contributed by atoms with Crippen molar-refractivity contribution in [1.82, 2.24) is 0 Å². The topological polar surface area (TPSA) is 42.2 Å². The van der Waals surface area contributed by atoms with E-state index in [4.69, 9.17) is 10.00 Å². The Hall–Kier alpha value is -1.64. The molecule has 0 aliphatic carbocycles. The second kappa shape index (κ2) is 14.5. The molecule has 0 rings (SSSR count). The van der Waals surface area contributed by atoms with Crippen LogP contribution in [0.4, 0.5) is 65.9 Å². The van der Waals surface area contributed by atoms with E-state index in [1.165, 1.54) is 0 Å². The van der Waals surface area contributed by atoms with Gasteiger partial charge in [0.1, 0.15) is 17.3 Å². The van der Waals surface area contributed by atoms with Crippen LogP contribution in [0.3, 0.4) is 0 Å². The van der Waals surface area contributed by atoms with E-state index >= 15 is 43.9 Å². The van der Waals surface area contributed by atoms with Crippen LogP contribution in [0.5, 0.6) is 0 Å². The molecule has 0 amide bonds. The molecule has 0 aromatic carbocycles. The van der Waals surface area contributed by atoms with Crippen LogP contribution in [0.1, 0.15) is 128 Å². The molecule has 6 unspecified atom stereocenters.